The van der Waals surface area contributed by atoms with E-state index in [1.807, 2.05) is 38.2 Å². The van der Waals surface area contributed by atoms with Crippen LogP contribution in [0.3, 0.4) is 0 Å². The van der Waals surface area contributed by atoms with Crippen LogP contribution in [0.25, 0.3) is 0 Å². The highest BCUT2D eigenvalue weighted by Gasteiger charge is 2.10. The lowest BCUT2D eigenvalue weighted by atomic mass is 10.1. The minimum absolute atomic E-state index is 0.436. The predicted octanol–water partition coefficient (Wildman–Crippen LogP) is 2.75. The average molecular weight is 205 g/mol. The van der Waals surface area contributed by atoms with E-state index >= 15 is 0 Å². The summed E-state index contributed by atoms with van der Waals surface area (Å²) in [5.41, 5.74) is 3.13. The number of nitrogens with zero attached hydrogens (tertiary/aromatic N) is 1. The predicted molar refractivity (Wildman–Crippen MR) is 65.2 cm³/mol. The summed E-state index contributed by atoms with van der Waals surface area (Å²) in [4.78, 5) is 2.10. The molecule has 2 nitrogen and oxygen atoms in total. The van der Waals surface area contributed by atoms with E-state index in [2.05, 4.69) is 11.5 Å². The van der Waals surface area contributed by atoms with Crippen molar-refractivity contribution < 1.29 is 5.11 Å². The van der Waals surface area contributed by atoms with Gasteiger partial charge in [0.25, 0.3) is 0 Å². The Labute approximate surface area is 91.9 Å². The average Bonchev–Trinajstić information content (AvgIpc) is 2.16. The van der Waals surface area contributed by atoms with Crippen molar-refractivity contribution >= 4 is 5.69 Å². The third kappa shape index (κ3) is 3.10. The minimum atomic E-state index is -0.436. The Kier molecular flexibility index (Phi) is 3.92. The first kappa shape index (κ1) is 11.8. The Hall–Kier alpha value is -1.28. The summed E-state index contributed by atoms with van der Waals surface area (Å²) >= 11 is 0. The number of hydrogen-bond acceptors (Lipinski definition) is 2. The molecule has 0 aliphatic carbocycles. The van der Waals surface area contributed by atoms with Gasteiger partial charge in [0, 0.05) is 24.8 Å². The zero-order chi connectivity index (χ0) is 11.4. The number of anilines is 1. The Morgan fingerprint density at radius 1 is 1.47 bits per heavy atom. The molecule has 0 amide bonds. The highest BCUT2D eigenvalue weighted by atomic mass is 16.3. The van der Waals surface area contributed by atoms with Crippen LogP contribution in [0, 0.1) is 0 Å². The molecule has 0 saturated heterocycles. The zero-order valence-electron chi connectivity index (χ0n) is 9.70. The summed E-state index contributed by atoms with van der Waals surface area (Å²) in [6, 6.07) is 7.90. The van der Waals surface area contributed by atoms with Gasteiger partial charge in [-0.2, -0.15) is 0 Å². The SMILES string of the molecule is C=C(C)CN(C)c1ccccc1[C@@H](C)O. The van der Waals surface area contributed by atoms with Crippen LogP contribution in [-0.2, 0) is 0 Å². The van der Waals surface area contributed by atoms with E-state index in [0.29, 0.717) is 0 Å². The van der Waals surface area contributed by atoms with Crippen LogP contribution in [0.2, 0.25) is 0 Å². The van der Waals surface area contributed by atoms with E-state index in [0.717, 1.165) is 23.4 Å². The quantitative estimate of drug-likeness (QED) is 0.764. The third-order valence-electron chi connectivity index (χ3n) is 2.31. The molecule has 0 aromatic heterocycles. The monoisotopic (exact) mass is 205 g/mol. The van der Waals surface area contributed by atoms with Crippen molar-refractivity contribution in [2.24, 2.45) is 0 Å². The lowest BCUT2D eigenvalue weighted by Crippen LogP contribution is -2.20. The Balaban J connectivity index is 2.97. The van der Waals surface area contributed by atoms with Gasteiger partial charge in [0.05, 0.1) is 6.10 Å². The molecule has 0 aliphatic heterocycles. The molecule has 1 atom stereocenters. The van der Waals surface area contributed by atoms with Crippen LogP contribution in [0.5, 0.6) is 0 Å². The van der Waals surface area contributed by atoms with Crippen molar-refractivity contribution in [2.45, 2.75) is 20.0 Å². The summed E-state index contributed by atoms with van der Waals surface area (Å²) in [6.07, 6.45) is -0.436. The first-order chi connectivity index (χ1) is 7.02. The molecule has 0 saturated carbocycles. The molecule has 1 aromatic rings. The number of aliphatic hydroxyl groups excluding tert-OH is 1. The van der Waals surface area contributed by atoms with Gasteiger partial charge in [0.15, 0.2) is 0 Å². The Bertz CT molecular complexity index is 344. The van der Waals surface area contributed by atoms with Crippen LogP contribution in [0.4, 0.5) is 5.69 Å². The van der Waals surface area contributed by atoms with Gasteiger partial charge in [0.2, 0.25) is 0 Å². The standard InChI is InChI=1S/C13H19NO/c1-10(2)9-14(4)13-8-6-5-7-12(13)11(3)15/h5-8,11,15H,1,9H2,2-4H3/t11-/m1/s1. The fourth-order valence-corrected chi connectivity index (χ4v) is 1.68. The summed E-state index contributed by atoms with van der Waals surface area (Å²) in [7, 11) is 2.01. The highest BCUT2D eigenvalue weighted by molar-refractivity contribution is 5.54. The minimum Gasteiger partial charge on any atom is -0.389 e. The maximum absolute atomic E-state index is 9.64. The summed E-state index contributed by atoms with van der Waals surface area (Å²) in [6.45, 7) is 8.49. The molecule has 15 heavy (non-hydrogen) atoms. The molecule has 1 aromatic carbocycles. The zero-order valence-corrected chi connectivity index (χ0v) is 9.70. The normalized spacial score (nSPS) is 12.3. The van der Waals surface area contributed by atoms with Gasteiger partial charge in [-0.15, -0.1) is 0 Å². The smallest absolute Gasteiger partial charge is 0.0781 e. The van der Waals surface area contributed by atoms with Crippen LogP contribution >= 0.6 is 0 Å². The maximum atomic E-state index is 9.64. The van der Waals surface area contributed by atoms with Crippen LogP contribution in [0.1, 0.15) is 25.5 Å². The van der Waals surface area contributed by atoms with Gasteiger partial charge in [0.1, 0.15) is 0 Å². The summed E-state index contributed by atoms with van der Waals surface area (Å²) < 4.78 is 0. The second kappa shape index (κ2) is 4.99. The van der Waals surface area contributed by atoms with Crippen molar-refractivity contribution in [2.75, 3.05) is 18.5 Å². The highest BCUT2D eigenvalue weighted by Crippen LogP contribution is 2.25. The van der Waals surface area contributed by atoms with E-state index in [1.165, 1.54) is 0 Å². The lowest BCUT2D eigenvalue weighted by molar-refractivity contribution is 0.199. The van der Waals surface area contributed by atoms with Gasteiger partial charge in [-0.1, -0.05) is 30.4 Å². The van der Waals surface area contributed by atoms with Crippen molar-refractivity contribution in [1.29, 1.82) is 0 Å². The molecule has 0 unspecified atom stereocenters. The van der Waals surface area contributed by atoms with E-state index in [9.17, 15) is 5.11 Å². The van der Waals surface area contributed by atoms with E-state index in [4.69, 9.17) is 0 Å². The van der Waals surface area contributed by atoms with E-state index < -0.39 is 6.10 Å². The summed E-state index contributed by atoms with van der Waals surface area (Å²) in [5, 5.41) is 9.64. The molecule has 0 fully saturated rings. The number of para-hydroxylation sites is 1. The molecule has 1 rings (SSSR count). The second-order valence-electron chi connectivity index (χ2n) is 4.05. The first-order valence-electron chi connectivity index (χ1n) is 5.15. The van der Waals surface area contributed by atoms with Gasteiger partial charge < -0.3 is 10.0 Å². The van der Waals surface area contributed by atoms with E-state index in [1.54, 1.807) is 6.92 Å². The van der Waals surface area contributed by atoms with Gasteiger partial charge >= 0.3 is 0 Å². The number of benzene rings is 1. The molecular formula is C13H19NO. The first-order valence-corrected chi connectivity index (χ1v) is 5.15. The molecule has 0 bridgehead atoms. The largest absolute Gasteiger partial charge is 0.389 e. The van der Waals surface area contributed by atoms with Crippen molar-refractivity contribution in [3.05, 3.63) is 42.0 Å². The van der Waals surface area contributed by atoms with Crippen LogP contribution in [0.15, 0.2) is 36.4 Å². The van der Waals surface area contributed by atoms with Gasteiger partial charge in [-0.25, -0.2) is 0 Å². The lowest BCUT2D eigenvalue weighted by Gasteiger charge is -2.23. The fourth-order valence-electron chi connectivity index (χ4n) is 1.68. The van der Waals surface area contributed by atoms with Crippen molar-refractivity contribution in [3.8, 4) is 0 Å². The molecule has 0 radical (unpaired) electrons. The second-order valence-corrected chi connectivity index (χ2v) is 4.05. The summed E-state index contributed by atoms with van der Waals surface area (Å²) in [5.74, 6) is 0. The van der Waals surface area contributed by atoms with Gasteiger partial charge in [-0.05, 0) is 19.9 Å². The van der Waals surface area contributed by atoms with Crippen molar-refractivity contribution in [3.63, 3.8) is 0 Å². The fraction of sp³-hybridized carbons (Fsp3) is 0.385. The van der Waals surface area contributed by atoms with Crippen molar-refractivity contribution in [1.82, 2.24) is 0 Å². The molecule has 0 aliphatic rings. The molecular weight excluding hydrogens is 186 g/mol. The third-order valence-corrected chi connectivity index (χ3v) is 2.31. The number of hydrogen-bond donors (Lipinski definition) is 1. The molecule has 1 N–H and O–H groups in total. The van der Waals surface area contributed by atoms with Crippen LogP contribution in [-0.4, -0.2) is 18.7 Å². The maximum Gasteiger partial charge on any atom is 0.0781 e. The number of likely N-dealkylation sites (N-methyl/N-ethyl adjacent to an activating group) is 1. The molecule has 82 valence electrons. The Morgan fingerprint density at radius 3 is 2.60 bits per heavy atom. The van der Waals surface area contributed by atoms with Gasteiger partial charge in [-0.3, -0.25) is 0 Å². The Morgan fingerprint density at radius 2 is 2.07 bits per heavy atom. The molecule has 0 heterocycles. The van der Waals surface area contributed by atoms with E-state index in [-0.39, 0.29) is 0 Å². The number of aliphatic hydroxyl groups is 1. The number of rotatable bonds is 4. The molecule has 2 heteroatoms. The van der Waals surface area contributed by atoms with Crippen LogP contribution < -0.4 is 4.90 Å². The topological polar surface area (TPSA) is 23.5 Å². The molecule has 0 spiro atoms.